The molecule has 0 bridgehead atoms. The fraction of sp³-hybridized carbons (Fsp3) is 0.529. The van der Waals surface area contributed by atoms with E-state index < -0.39 is 11.9 Å². The lowest BCUT2D eigenvalue weighted by Gasteiger charge is -2.14. The molecule has 1 aliphatic heterocycles. The number of ether oxygens (including phenoxy) is 1. The summed E-state index contributed by atoms with van der Waals surface area (Å²) in [7, 11) is 0. The second-order valence-electron chi connectivity index (χ2n) is 5.80. The third-order valence-corrected chi connectivity index (χ3v) is 4.02. The molecule has 22 heavy (non-hydrogen) atoms. The number of rotatable bonds is 8. The van der Waals surface area contributed by atoms with Crippen LogP contribution in [-0.2, 0) is 20.7 Å². The van der Waals surface area contributed by atoms with E-state index in [0.717, 1.165) is 31.6 Å². The number of carbonyl (C=O) groups is 2. The van der Waals surface area contributed by atoms with Gasteiger partial charge in [0.05, 0.1) is 5.92 Å². The Kier molecular flexibility index (Phi) is 6.40. The van der Waals surface area contributed by atoms with Crippen LogP contribution in [0.15, 0.2) is 30.3 Å². The zero-order chi connectivity index (χ0) is 15.8. The van der Waals surface area contributed by atoms with Crippen LogP contribution in [0.1, 0.15) is 24.8 Å². The second-order valence-corrected chi connectivity index (χ2v) is 5.80. The first-order valence-corrected chi connectivity index (χ1v) is 7.76. The highest BCUT2D eigenvalue weighted by Crippen LogP contribution is 2.17. The summed E-state index contributed by atoms with van der Waals surface area (Å²) in [5.41, 5.74) is 0.965. The van der Waals surface area contributed by atoms with Crippen LogP contribution in [0.25, 0.3) is 0 Å². The molecule has 1 aromatic carbocycles. The van der Waals surface area contributed by atoms with Crippen LogP contribution in [-0.4, -0.2) is 36.7 Å². The normalized spacial score (nSPS) is 18.8. The molecule has 0 saturated carbocycles. The number of carbonyl (C=O) groups excluding carboxylic acids is 1. The molecule has 1 aliphatic rings. The number of carboxylic acids is 1. The first kappa shape index (κ1) is 16.5. The SMILES string of the molecule is O=C(CCC1CCOC1)NCC(Cc1ccccc1)C(=O)O. The minimum Gasteiger partial charge on any atom is -0.481 e. The molecule has 5 nitrogen and oxygen atoms in total. The van der Waals surface area contributed by atoms with Crippen molar-refractivity contribution in [2.75, 3.05) is 19.8 Å². The first-order valence-electron chi connectivity index (χ1n) is 7.76. The Morgan fingerprint density at radius 1 is 1.32 bits per heavy atom. The summed E-state index contributed by atoms with van der Waals surface area (Å²) in [5.74, 6) is -1.09. The smallest absolute Gasteiger partial charge is 0.308 e. The molecule has 2 rings (SSSR count). The third kappa shape index (κ3) is 5.48. The number of aliphatic carboxylic acids is 1. The lowest BCUT2D eigenvalue weighted by atomic mass is 9.99. The second kappa shape index (κ2) is 8.54. The molecule has 0 aliphatic carbocycles. The molecular formula is C17H23NO4. The molecule has 1 heterocycles. The number of hydrogen-bond donors (Lipinski definition) is 2. The van der Waals surface area contributed by atoms with Gasteiger partial charge in [-0.05, 0) is 30.7 Å². The van der Waals surface area contributed by atoms with Crippen LogP contribution >= 0.6 is 0 Å². The van der Waals surface area contributed by atoms with Gasteiger partial charge in [-0.1, -0.05) is 30.3 Å². The fourth-order valence-electron chi connectivity index (χ4n) is 2.62. The van der Waals surface area contributed by atoms with Crippen LogP contribution in [0, 0.1) is 11.8 Å². The number of amides is 1. The molecule has 0 aromatic heterocycles. The highest BCUT2D eigenvalue weighted by molar-refractivity contribution is 5.77. The third-order valence-electron chi connectivity index (χ3n) is 4.02. The van der Waals surface area contributed by atoms with Crippen molar-refractivity contribution in [3.05, 3.63) is 35.9 Å². The summed E-state index contributed by atoms with van der Waals surface area (Å²) in [4.78, 5) is 23.1. The monoisotopic (exact) mass is 305 g/mol. The average Bonchev–Trinajstić information content (AvgIpc) is 3.03. The minimum atomic E-state index is -0.881. The Balaban J connectivity index is 1.73. The predicted octanol–water partition coefficient (Wildman–Crippen LogP) is 1.86. The predicted molar refractivity (Wildman–Crippen MR) is 82.4 cm³/mol. The Bertz CT molecular complexity index is 483. The molecule has 5 heteroatoms. The minimum absolute atomic E-state index is 0.0776. The lowest BCUT2D eigenvalue weighted by Crippen LogP contribution is -2.34. The first-order chi connectivity index (χ1) is 10.6. The van der Waals surface area contributed by atoms with Crippen molar-refractivity contribution in [1.29, 1.82) is 0 Å². The number of benzene rings is 1. The molecule has 2 atom stereocenters. The topological polar surface area (TPSA) is 75.6 Å². The Morgan fingerprint density at radius 2 is 2.09 bits per heavy atom. The molecule has 1 aromatic rings. The van der Waals surface area contributed by atoms with Crippen molar-refractivity contribution >= 4 is 11.9 Å². The lowest BCUT2D eigenvalue weighted by molar-refractivity contribution is -0.141. The van der Waals surface area contributed by atoms with Crippen LogP contribution in [0.4, 0.5) is 0 Å². The molecule has 1 amide bonds. The van der Waals surface area contributed by atoms with Crippen LogP contribution in [0.2, 0.25) is 0 Å². The van der Waals surface area contributed by atoms with E-state index in [1.807, 2.05) is 30.3 Å². The van der Waals surface area contributed by atoms with Gasteiger partial charge < -0.3 is 15.2 Å². The summed E-state index contributed by atoms with van der Waals surface area (Å²) in [6, 6.07) is 9.47. The molecule has 2 N–H and O–H groups in total. The van der Waals surface area contributed by atoms with Crippen LogP contribution < -0.4 is 5.32 Å². The molecule has 1 saturated heterocycles. The van der Waals surface area contributed by atoms with E-state index >= 15 is 0 Å². The summed E-state index contributed by atoms with van der Waals surface area (Å²) < 4.78 is 5.28. The van der Waals surface area contributed by atoms with E-state index in [1.54, 1.807) is 0 Å². The summed E-state index contributed by atoms with van der Waals surface area (Å²) in [5, 5.41) is 12.0. The van der Waals surface area contributed by atoms with Crippen LogP contribution in [0.5, 0.6) is 0 Å². The van der Waals surface area contributed by atoms with E-state index in [4.69, 9.17) is 4.74 Å². The van der Waals surface area contributed by atoms with Gasteiger partial charge in [0.15, 0.2) is 0 Å². The summed E-state index contributed by atoms with van der Waals surface area (Å²) >= 11 is 0. The molecule has 120 valence electrons. The van der Waals surface area contributed by atoms with Crippen LogP contribution in [0.3, 0.4) is 0 Å². The van der Waals surface area contributed by atoms with Crippen molar-refractivity contribution in [2.24, 2.45) is 11.8 Å². The maximum atomic E-state index is 11.8. The van der Waals surface area contributed by atoms with E-state index in [1.165, 1.54) is 0 Å². The van der Waals surface area contributed by atoms with Gasteiger partial charge in [0.1, 0.15) is 0 Å². The molecule has 1 fully saturated rings. The van der Waals surface area contributed by atoms with E-state index in [0.29, 0.717) is 18.8 Å². The van der Waals surface area contributed by atoms with Gasteiger partial charge in [0, 0.05) is 26.2 Å². The van der Waals surface area contributed by atoms with Gasteiger partial charge in [0.25, 0.3) is 0 Å². The number of hydrogen-bond acceptors (Lipinski definition) is 3. The Hall–Kier alpha value is -1.88. The number of nitrogens with one attached hydrogen (secondary N) is 1. The standard InChI is InChI=1S/C17H23NO4/c19-16(7-6-14-8-9-22-12-14)18-11-15(17(20)21)10-13-4-2-1-3-5-13/h1-5,14-15H,6-12H2,(H,18,19)(H,20,21). The Morgan fingerprint density at radius 3 is 2.73 bits per heavy atom. The van der Waals surface area contributed by atoms with Crippen molar-refractivity contribution in [1.82, 2.24) is 5.32 Å². The molecule has 0 spiro atoms. The quantitative estimate of drug-likeness (QED) is 0.768. The van der Waals surface area contributed by atoms with E-state index in [-0.39, 0.29) is 12.5 Å². The van der Waals surface area contributed by atoms with Crippen molar-refractivity contribution < 1.29 is 19.4 Å². The highest BCUT2D eigenvalue weighted by Gasteiger charge is 2.20. The average molecular weight is 305 g/mol. The summed E-state index contributed by atoms with van der Waals surface area (Å²) in [6.45, 7) is 1.69. The van der Waals surface area contributed by atoms with Gasteiger partial charge in [-0.2, -0.15) is 0 Å². The van der Waals surface area contributed by atoms with Gasteiger partial charge in [-0.3, -0.25) is 9.59 Å². The maximum Gasteiger partial charge on any atom is 0.308 e. The zero-order valence-electron chi connectivity index (χ0n) is 12.7. The van der Waals surface area contributed by atoms with E-state index in [2.05, 4.69) is 5.32 Å². The summed E-state index contributed by atoms with van der Waals surface area (Å²) in [6.07, 6.45) is 2.68. The van der Waals surface area contributed by atoms with Gasteiger partial charge >= 0.3 is 5.97 Å². The fourth-order valence-corrected chi connectivity index (χ4v) is 2.62. The van der Waals surface area contributed by atoms with Crippen molar-refractivity contribution in [2.45, 2.75) is 25.7 Å². The highest BCUT2D eigenvalue weighted by atomic mass is 16.5. The molecule has 0 radical (unpaired) electrons. The van der Waals surface area contributed by atoms with Gasteiger partial charge in [-0.15, -0.1) is 0 Å². The Labute approximate surface area is 130 Å². The molecular weight excluding hydrogens is 282 g/mol. The van der Waals surface area contributed by atoms with Crippen molar-refractivity contribution in [3.8, 4) is 0 Å². The number of carboxylic acid groups (broad SMARTS) is 1. The van der Waals surface area contributed by atoms with E-state index in [9.17, 15) is 14.7 Å². The largest absolute Gasteiger partial charge is 0.481 e. The van der Waals surface area contributed by atoms with Gasteiger partial charge in [-0.25, -0.2) is 0 Å². The zero-order valence-corrected chi connectivity index (χ0v) is 12.7. The van der Waals surface area contributed by atoms with Crippen molar-refractivity contribution in [3.63, 3.8) is 0 Å². The maximum absolute atomic E-state index is 11.8. The molecule has 2 unspecified atom stereocenters. The van der Waals surface area contributed by atoms with Gasteiger partial charge in [0.2, 0.25) is 5.91 Å².